The van der Waals surface area contributed by atoms with Gasteiger partial charge in [-0.05, 0) is 12.8 Å². The van der Waals surface area contributed by atoms with Crippen LogP contribution in [0.1, 0.15) is 33.6 Å². The van der Waals surface area contributed by atoms with Crippen LogP contribution in [-0.2, 0) is 14.3 Å². The van der Waals surface area contributed by atoms with E-state index in [1.807, 2.05) is 20.8 Å². The lowest BCUT2D eigenvalue weighted by molar-refractivity contribution is -0.152. The van der Waals surface area contributed by atoms with Crippen LogP contribution in [0.2, 0.25) is 0 Å². The normalized spacial score (nSPS) is 20.0. The predicted molar refractivity (Wildman–Crippen MR) is 77.8 cm³/mol. The van der Waals surface area contributed by atoms with E-state index in [1.165, 1.54) is 0 Å². The average molecular weight is 332 g/mol. The number of esters is 1. The molecule has 1 rings (SSSR count). The molecule has 0 spiro atoms. The van der Waals surface area contributed by atoms with Crippen molar-refractivity contribution in [2.45, 2.75) is 33.6 Å². The van der Waals surface area contributed by atoms with Crippen LogP contribution >= 0.6 is 15.9 Å². The van der Waals surface area contributed by atoms with Gasteiger partial charge in [-0.25, -0.2) is 0 Å². The first-order valence-electron chi connectivity index (χ1n) is 6.51. The third kappa shape index (κ3) is 4.97. The van der Waals surface area contributed by atoms with Gasteiger partial charge in [0.1, 0.15) is 6.61 Å². The lowest BCUT2D eigenvalue weighted by atomic mass is 9.91. The zero-order valence-electron chi connectivity index (χ0n) is 11.9. The summed E-state index contributed by atoms with van der Waals surface area (Å²) in [6.07, 6.45) is 1.62. The first-order valence-corrected chi connectivity index (χ1v) is 7.30. The molecule has 108 valence electrons. The minimum Gasteiger partial charge on any atom is -0.460 e. The quantitative estimate of drug-likeness (QED) is 0.747. The molecule has 0 bridgehead atoms. The maximum atomic E-state index is 12.2. The lowest BCUT2D eigenvalue weighted by Gasteiger charge is -2.35. The number of rotatable bonds is 3. The van der Waals surface area contributed by atoms with Crippen molar-refractivity contribution in [3.63, 3.8) is 0 Å². The summed E-state index contributed by atoms with van der Waals surface area (Å²) in [4.78, 5) is 25.9. The number of carbonyl (C=O) groups excluding carboxylic acids is 2. The van der Waals surface area contributed by atoms with Crippen LogP contribution in [0.15, 0.2) is 11.1 Å². The van der Waals surface area contributed by atoms with Crippen LogP contribution in [0, 0.1) is 11.3 Å². The first-order chi connectivity index (χ1) is 8.71. The van der Waals surface area contributed by atoms with E-state index in [-0.39, 0.29) is 24.4 Å². The molecule has 5 heteroatoms. The number of likely N-dealkylation sites (tertiary alicyclic amines) is 1. The van der Waals surface area contributed by atoms with Gasteiger partial charge in [0.05, 0.1) is 5.92 Å². The molecule has 4 nitrogen and oxygen atoms in total. The van der Waals surface area contributed by atoms with Crippen LogP contribution in [0.4, 0.5) is 0 Å². The Morgan fingerprint density at radius 2 is 2.05 bits per heavy atom. The third-order valence-corrected chi connectivity index (χ3v) is 3.28. The van der Waals surface area contributed by atoms with Crippen molar-refractivity contribution in [1.82, 2.24) is 4.90 Å². The molecular weight excluding hydrogens is 310 g/mol. The zero-order valence-corrected chi connectivity index (χ0v) is 13.5. The van der Waals surface area contributed by atoms with Gasteiger partial charge in [0.15, 0.2) is 0 Å². The average Bonchev–Trinajstić information content (AvgIpc) is 2.34. The molecule has 1 atom stereocenters. The maximum absolute atomic E-state index is 12.2. The van der Waals surface area contributed by atoms with Crippen molar-refractivity contribution in [1.29, 1.82) is 0 Å². The number of piperidine rings is 1. The minimum absolute atomic E-state index is 0.0925. The fourth-order valence-corrected chi connectivity index (χ4v) is 2.21. The van der Waals surface area contributed by atoms with Gasteiger partial charge in [0, 0.05) is 23.0 Å². The molecule has 0 aromatic rings. The van der Waals surface area contributed by atoms with E-state index in [4.69, 9.17) is 4.74 Å². The Kier molecular flexibility index (Phi) is 5.59. The standard InChI is InChI=1S/C14H22BrNO3/c1-10(15)9-19-12(17)11-6-5-7-16(8-11)13(18)14(2,3)4/h11H,1,5-9H2,2-4H3/t11-/m0/s1. The van der Waals surface area contributed by atoms with Crippen LogP contribution in [-0.4, -0.2) is 36.5 Å². The topological polar surface area (TPSA) is 46.6 Å². The second-order valence-corrected chi connectivity index (χ2v) is 7.09. The number of nitrogens with zero attached hydrogens (tertiary/aromatic N) is 1. The molecule has 0 aromatic heterocycles. The summed E-state index contributed by atoms with van der Waals surface area (Å²) in [7, 11) is 0. The molecule has 1 saturated heterocycles. The van der Waals surface area contributed by atoms with Gasteiger partial charge in [-0.1, -0.05) is 43.3 Å². The molecule has 0 aromatic carbocycles. The lowest BCUT2D eigenvalue weighted by Crippen LogP contribution is -2.47. The summed E-state index contributed by atoms with van der Waals surface area (Å²) < 4.78 is 5.77. The highest BCUT2D eigenvalue weighted by Gasteiger charge is 2.33. The smallest absolute Gasteiger partial charge is 0.311 e. The molecule has 1 aliphatic heterocycles. The Morgan fingerprint density at radius 1 is 1.42 bits per heavy atom. The van der Waals surface area contributed by atoms with Gasteiger partial charge in [-0.15, -0.1) is 0 Å². The molecule has 1 aliphatic rings. The fraction of sp³-hybridized carbons (Fsp3) is 0.714. The Morgan fingerprint density at radius 3 is 2.58 bits per heavy atom. The third-order valence-electron chi connectivity index (χ3n) is 3.05. The molecule has 0 saturated carbocycles. The summed E-state index contributed by atoms with van der Waals surface area (Å²) >= 11 is 3.15. The zero-order chi connectivity index (χ0) is 14.6. The van der Waals surface area contributed by atoms with Gasteiger partial charge in [-0.2, -0.15) is 0 Å². The highest BCUT2D eigenvalue weighted by atomic mass is 79.9. The van der Waals surface area contributed by atoms with E-state index >= 15 is 0 Å². The van der Waals surface area contributed by atoms with E-state index in [0.29, 0.717) is 11.0 Å². The second-order valence-electron chi connectivity index (χ2n) is 5.97. The van der Waals surface area contributed by atoms with Crippen LogP contribution in [0.3, 0.4) is 0 Å². The highest BCUT2D eigenvalue weighted by molar-refractivity contribution is 9.11. The van der Waals surface area contributed by atoms with Crippen molar-refractivity contribution >= 4 is 27.8 Å². The van der Waals surface area contributed by atoms with Crippen molar-refractivity contribution in [3.8, 4) is 0 Å². The summed E-state index contributed by atoms with van der Waals surface area (Å²) in [6.45, 7) is 10.7. The molecule has 1 heterocycles. The van der Waals surface area contributed by atoms with Crippen LogP contribution in [0.5, 0.6) is 0 Å². The van der Waals surface area contributed by atoms with E-state index < -0.39 is 5.41 Å². The molecular formula is C14H22BrNO3. The summed E-state index contributed by atoms with van der Waals surface area (Å²) in [5, 5.41) is 0. The van der Waals surface area contributed by atoms with E-state index in [0.717, 1.165) is 19.4 Å². The van der Waals surface area contributed by atoms with Gasteiger partial charge in [0.25, 0.3) is 0 Å². The predicted octanol–water partition coefficient (Wildman–Crippen LogP) is 2.72. The van der Waals surface area contributed by atoms with E-state index in [1.54, 1.807) is 4.90 Å². The Hall–Kier alpha value is -0.840. The van der Waals surface area contributed by atoms with Crippen molar-refractivity contribution in [2.24, 2.45) is 11.3 Å². The van der Waals surface area contributed by atoms with Gasteiger partial charge >= 0.3 is 5.97 Å². The second kappa shape index (κ2) is 6.55. The largest absolute Gasteiger partial charge is 0.460 e. The van der Waals surface area contributed by atoms with Crippen molar-refractivity contribution < 1.29 is 14.3 Å². The number of carbonyl (C=O) groups is 2. The first kappa shape index (κ1) is 16.2. The summed E-state index contributed by atoms with van der Waals surface area (Å²) in [6, 6.07) is 0. The Balaban J connectivity index is 2.57. The number of ether oxygens (including phenoxy) is 1. The van der Waals surface area contributed by atoms with Gasteiger partial charge in [0.2, 0.25) is 5.91 Å². The Labute approximate surface area is 123 Å². The van der Waals surface area contributed by atoms with Crippen LogP contribution in [0.25, 0.3) is 0 Å². The van der Waals surface area contributed by atoms with Gasteiger partial charge in [-0.3, -0.25) is 9.59 Å². The number of halogens is 1. The fourth-order valence-electron chi connectivity index (χ4n) is 2.10. The molecule has 0 radical (unpaired) electrons. The monoisotopic (exact) mass is 331 g/mol. The molecule has 1 fully saturated rings. The van der Waals surface area contributed by atoms with Crippen LogP contribution < -0.4 is 0 Å². The molecule has 0 aliphatic carbocycles. The minimum atomic E-state index is -0.407. The molecule has 19 heavy (non-hydrogen) atoms. The van der Waals surface area contributed by atoms with Gasteiger partial charge < -0.3 is 9.64 Å². The number of hydrogen-bond acceptors (Lipinski definition) is 3. The number of hydrogen-bond donors (Lipinski definition) is 0. The van der Waals surface area contributed by atoms with E-state index in [2.05, 4.69) is 22.5 Å². The van der Waals surface area contributed by atoms with E-state index in [9.17, 15) is 9.59 Å². The maximum Gasteiger partial charge on any atom is 0.311 e. The highest BCUT2D eigenvalue weighted by Crippen LogP contribution is 2.24. The number of amides is 1. The molecule has 0 N–H and O–H groups in total. The molecule has 0 unspecified atom stereocenters. The summed E-state index contributed by atoms with van der Waals surface area (Å²) in [5.41, 5.74) is -0.407. The summed E-state index contributed by atoms with van der Waals surface area (Å²) in [5.74, 6) is -0.367. The van der Waals surface area contributed by atoms with Crippen molar-refractivity contribution in [3.05, 3.63) is 11.1 Å². The molecule has 1 amide bonds. The Bertz CT molecular complexity index is 373. The van der Waals surface area contributed by atoms with Crippen molar-refractivity contribution in [2.75, 3.05) is 19.7 Å². The SMILES string of the molecule is C=C(Br)COC(=O)[C@H]1CCCN(C(=O)C(C)(C)C)C1.